The van der Waals surface area contributed by atoms with Crippen molar-refractivity contribution >= 4 is 11.1 Å². The predicted octanol–water partition coefficient (Wildman–Crippen LogP) is 0.0649. The van der Waals surface area contributed by atoms with Crippen LogP contribution in [-0.4, -0.2) is 91.0 Å². The number of hydrogen-bond acceptors (Lipinski definition) is 13. The van der Waals surface area contributed by atoms with E-state index >= 15 is 0 Å². The topological polar surface area (TPSA) is 205 Å². The maximum absolute atomic E-state index is 11.4. The molecular weight excluding hydrogens is 570 g/mol. The molecule has 1 aliphatic heterocycles. The van der Waals surface area contributed by atoms with E-state index in [2.05, 4.69) is 26.3 Å². The Hall–Kier alpha value is -2.53. The smallest absolute Gasteiger partial charge is 0.263 e. The third-order valence-electron chi connectivity index (χ3n) is 7.94. The standard InChI is InChI=1S/C31H47N5O8/c1-16(2)26(36-28(40)22(33-19(5)37)14-20-12-10-17(3)11-13-20)29(41)32-18(4)27(39)35-24-15-25(38)44-31(24,42)30-34-21-8-6-7-9-23(21)43-30/h6-13,16,18-19,22,24-29,32-33,35-42H,14-15H2,1-5H3/t18-,19+,22-,24-,25+,26+,27-,28-,29+,31?/m0/s1. The lowest BCUT2D eigenvalue weighted by molar-refractivity contribution is -0.262. The number of nitrogens with one attached hydrogen (secondary N) is 4. The molecule has 13 heteroatoms. The maximum Gasteiger partial charge on any atom is 0.263 e. The van der Waals surface area contributed by atoms with E-state index in [1.54, 1.807) is 38.1 Å². The lowest BCUT2D eigenvalue weighted by Gasteiger charge is -2.36. The van der Waals surface area contributed by atoms with Gasteiger partial charge in [0.05, 0.1) is 18.1 Å². The minimum atomic E-state index is -2.16. The molecule has 13 nitrogen and oxygen atoms in total. The van der Waals surface area contributed by atoms with Gasteiger partial charge in [-0.15, -0.1) is 0 Å². The molecule has 44 heavy (non-hydrogen) atoms. The van der Waals surface area contributed by atoms with E-state index in [1.807, 2.05) is 45.0 Å². The van der Waals surface area contributed by atoms with Crippen LogP contribution >= 0.6 is 0 Å². The fourth-order valence-corrected chi connectivity index (χ4v) is 5.43. The van der Waals surface area contributed by atoms with Crippen LogP contribution in [0.4, 0.5) is 0 Å². The highest BCUT2D eigenvalue weighted by Gasteiger charge is 2.53. The van der Waals surface area contributed by atoms with E-state index in [0.29, 0.717) is 17.5 Å². The van der Waals surface area contributed by atoms with Gasteiger partial charge in [-0.25, -0.2) is 4.98 Å². The molecule has 0 aliphatic carbocycles. The Kier molecular flexibility index (Phi) is 11.5. The van der Waals surface area contributed by atoms with E-state index in [-0.39, 0.29) is 18.2 Å². The van der Waals surface area contributed by atoms with Crippen LogP contribution in [0, 0.1) is 12.8 Å². The number of aliphatic hydroxyl groups excluding tert-OH is 5. The van der Waals surface area contributed by atoms with Crippen molar-refractivity contribution in [1.29, 1.82) is 0 Å². The van der Waals surface area contributed by atoms with Crippen LogP contribution in [0.3, 0.4) is 0 Å². The number of fused-ring (bicyclic) bond motifs is 1. The molecule has 2 aromatic carbocycles. The van der Waals surface area contributed by atoms with Crippen LogP contribution in [0.15, 0.2) is 52.9 Å². The fraction of sp³-hybridized carbons (Fsp3) is 0.581. The molecular formula is C31H47N5O8. The number of hydrogen-bond donors (Lipinski definition) is 10. The second-order valence-electron chi connectivity index (χ2n) is 12.1. The van der Waals surface area contributed by atoms with Gasteiger partial charge in [0.1, 0.15) is 30.4 Å². The van der Waals surface area contributed by atoms with E-state index in [0.717, 1.165) is 11.1 Å². The lowest BCUT2D eigenvalue weighted by Crippen LogP contribution is -2.63. The molecule has 244 valence electrons. The first kappa shape index (κ1) is 34.3. The van der Waals surface area contributed by atoms with E-state index in [9.17, 15) is 30.6 Å². The number of aromatic nitrogens is 1. The first-order valence-electron chi connectivity index (χ1n) is 15.0. The first-order chi connectivity index (χ1) is 20.8. The van der Waals surface area contributed by atoms with Gasteiger partial charge in [-0.3, -0.25) is 21.3 Å². The number of para-hydroxylation sites is 2. The molecule has 0 amide bonds. The molecule has 2 heterocycles. The van der Waals surface area contributed by atoms with Crippen molar-refractivity contribution < 1.29 is 39.8 Å². The van der Waals surface area contributed by atoms with Gasteiger partial charge in [0, 0.05) is 12.5 Å². The van der Waals surface area contributed by atoms with Crippen molar-refractivity contribution in [3.63, 3.8) is 0 Å². The number of aliphatic hydroxyl groups is 6. The van der Waals surface area contributed by atoms with Gasteiger partial charge in [0.15, 0.2) is 11.9 Å². The zero-order valence-corrected chi connectivity index (χ0v) is 25.8. The average molecular weight is 618 g/mol. The number of oxazole rings is 1. The molecule has 10 atom stereocenters. The molecule has 1 aromatic heterocycles. The Morgan fingerprint density at radius 1 is 0.909 bits per heavy atom. The first-order valence-corrected chi connectivity index (χ1v) is 15.0. The van der Waals surface area contributed by atoms with Gasteiger partial charge in [-0.2, -0.15) is 0 Å². The van der Waals surface area contributed by atoms with Crippen LogP contribution in [0.25, 0.3) is 11.1 Å². The van der Waals surface area contributed by atoms with Crippen LogP contribution in [-0.2, 0) is 16.9 Å². The summed E-state index contributed by atoms with van der Waals surface area (Å²) < 4.78 is 11.1. The second kappa shape index (κ2) is 14.7. The Labute approximate surface area is 257 Å². The fourth-order valence-electron chi connectivity index (χ4n) is 5.43. The van der Waals surface area contributed by atoms with Crippen molar-refractivity contribution in [1.82, 2.24) is 26.3 Å². The van der Waals surface area contributed by atoms with Crippen molar-refractivity contribution in [3.05, 3.63) is 65.5 Å². The molecule has 0 spiro atoms. The van der Waals surface area contributed by atoms with Gasteiger partial charge in [-0.05, 0) is 50.8 Å². The molecule has 1 saturated heterocycles. The summed E-state index contributed by atoms with van der Waals surface area (Å²) in [6, 6.07) is 11.8. The van der Waals surface area contributed by atoms with Gasteiger partial charge < -0.3 is 39.8 Å². The van der Waals surface area contributed by atoms with Gasteiger partial charge in [0.2, 0.25) is 0 Å². The van der Waals surface area contributed by atoms with Gasteiger partial charge in [-0.1, -0.05) is 55.8 Å². The lowest BCUT2D eigenvalue weighted by atomic mass is 9.99. The average Bonchev–Trinajstić information content (AvgIpc) is 3.52. The molecule has 3 aromatic rings. The number of benzene rings is 2. The Morgan fingerprint density at radius 2 is 1.59 bits per heavy atom. The summed E-state index contributed by atoms with van der Waals surface area (Å²) in [5.41, 5.74) is 3.01. The molecule has 0 radical (unpaired) electrons. The summed E-state index contributed by atoms with van der Waals surface area (Å²) in [5.74, 6) is -2.48. The Balaban J connectivity index is 1.40. The van der Waals surface area contributed by atoms with E-state index in [1.165, 1.54) is 0 Å². The normalized spacial score (nSPS) is 25.5. The zero-order valence-electron chi connectivity index (χ0n) is 25.8. The van der Waals surface area contributed by atoms with Crippen molar-refractivity contribution in [3.8, 4) is 0 Å². The van der Waals surface area contributed by atoms with E-state index in [4.69, 9.17) is 9.15 Å². The number of aryl methyl sites for hydroxylation is 1. The highest BCUT2D eigenvalue weighted by atomic mass is 16.7. The zero-order chi connectivity index (χ0) is 32.2. The molecule has 1 aliphatic rings. The highest BCUT2D eigenvalue weighted by molar-refractivity contribution is 5.72. The van der Waals surface area contributed by atoms with Crippen LogP contribution in [0.5, 0.6) is 0 Å². The minimum absolute atomic E-state index is 0.0669. The number of ether oxygens (including phenoxy) is 1. The SMILES string of the molecule is Cc1ccc(C[C@H](N[C@@H](C)O)[C@H](O)N[C@H](C(C)C)[C@@H](O)N[C@@H](C)[C@H](O)N[C@H]2C[C@H](O)OC2(O)c2nc3ccccc3o2)cc1. The summed E-state index contributed by atoms with van der Waals surface area (Å²) in [6.45, 7) is 8.95. The third-order valence-corrected chi connectivity index (χ3v) is 7.94. The second-order valence-corrected chi connectivity index (χ2v) is 12.1. The van der Waals surface area contributed by atoms with E-state index < -0.39 is 61.2 Å². The number of rotatable bonds is 15. The number of nitrogens with zero attached hydrogens (tertiary/aromatic N) is 1. The van der Waals surface area contributed by atoms with Crippen LogP contribution in [0.1, 0.15) is 51.1 Å². The summed E-state index contributed by atoms with van der Waals surface area (Å²) >= 11 is 0. The molecule has 0 bridgehead atoms. The van der Waals surface area contributed by atoms with Crippen LogP contribution in [0.2, 0.25) is 0 Å². The summed E-state index contributed by atoms with van der Waals surface area (Å²) in [6.07, 6.45) is -5.54. The molecule has 0 saturated carbocycles. The summed E-state index contributed by atoms with van der Waals surface area (Å²) in [4.78, 5) is 4.30. The van der Waals surface area contributed by atoms with Crippen molar-refractivity contribution in [2.45, 2.75) is 109 Å². The third kappa shape index (κ3) is 8.38. The predicted molar refractivity (Wildman–Crippen MR) is 162 cm³/mol. The van der Waals surface area contributed by atoms with Gasteiger partial charge in [0.25, 0.3) is 11.7 Å². The molecule has 1 unspecified atom stereocenters. The molecule has 1 fully saturated rings. The van der Waals surface area contributed by atoms with Crippen molar-refractivity contribution in [2.24, 2.45) is 5.92 Å². The maximum atomic E-state index is 11.4. The van der Waals surface area contributed by atoms with Crippen LogP contribution < -0.4 is 21.3 Å². The molecule has 10 N–H and O–H groups in total. The Morgan fingerprint density at radius 3 is 2.23 bits per heavy atom. The highest BCUT2D eigenvalue weighted by Crippen LogP contribution is 2.37. The van der Waals surface area contributed by atoms with Crippen molar-refractivity contribution in [2.75, 3.05) is 0 Å². The quantitative estimate of drug-likeness (QED) is 0.103. The minimum Gasteiger partial charge on any atom is -0.435 e. The van der Waals surface area contributed by atoms with Gasteiger partial charge >= 0.3 is 0 Å². The Bertz CT molecular complexity index is 1290. The monoisotopic (exact) mass is 617 g/mol. The largest absolute Gasteiger partial charge is 0.435 e. The molecule has 4 rings (SSSR count). The summed E-state index contributed by atoms with van der Waals surface area (Å²) in [7, 11) is 0. The summed E-state index contributed by atoms with van der Waals surface area (Å²) in [5, 5.41) is 76.8.